The number of allylic oxidation sites excluding steroid dienone is 1. The molecule has 0 unspecified atom stereocenters. The first kappa shape index (κ1) is 12.3. The summed E-state index contributed by atoms with van der Waals surface area (Å²) in [6.07, 6.45) is 2.18. The molecule has 15 heavy (non-hydrogen) atoms. The van der Waals surface area contributed by atoms with Crippen molar-refractivity contribution >= 4 is 11.6 Å². The summed E-state index contributed by atoms with van der Waals surface area (Å²) < 4.78 is 0. The Kier molecular flexibility index (Phi) is 4.86. The Bertz CT molecular complexity index is 352. The zero-order valence-corrected chi connectivity index (χ0v) is 10.4. The van der Waals surface area contributed by atoms with Crippen molar-refractivity contribution in [1.82, 2.24) is 5.32 Å². The van der Waals surface area contributed by atoms with Crippen molar-refractivity contribution in [2.45, 2.75) is 27.3 Å². The van der Waals surface area contributed by atoms with Crippen LogP contribution in [0.1, 0.15) is 25.0 Å². The van der Waals surface area contributed by atoms with E-state index in [9.17, 15) is 0 Å². The second kappa shape index (κ2) is 5.94. The smallest absolute Gasteiger partial charge is 0.0435 e. The normalized spacial score (nSPS) is 10.1. The summed E-state index contributed by atoms with van der Waals surface area (Å²) >= 11 is 5.95. The Balaban J connectivity index is 2.44. The molecule has 0 aliphatic rings. The minimum absolute atomic E-state index is 0.836. The molecule has 0 heterocycles. The quantitative estimate of drug-likeness (QED) is 0.606. The fourth-order valence-electron chi connectivity index (χ4n) is 1.31. The van der Waals surface area contributed by atoms with Crippen molar-refractivity contribution in [3.63, 3.8) is 0 Å². The van der Waals surface area contributed by atoms with E-state index in [1.54, 1.807) is 0 Å². The van der Waals surface area contributed by atoms with E-state index in [0.29, 0.717) is 0 Å². The molecule has 0 saturated heterocycles. The Morgan fingerprint density at radius 2 is 2.13 bits per heavy atom. The second-order valence-electron chi connectivity index (χ2n) is 4.00. The number of benzene rings is 1. The molecule has 1 aromatic rings. The fourth-order valence-corrected chi connectivity index (χ4v) is 1.43. The molecule has 0 aromatic heterocycles. The zero-order chi connectivity index (χ0) is 11.3. The highest BCUT2D eigenvalue weighted by molar-refractivity contribution is 6.31. The van der Waals surface area contributed by atoms with Gasteiger partial charge in [-0.25, -0.2) is 0 Å². The Labute approximate surface area is 97.1 Å². The van der Waals surface area contributed by atoms with Crippen LogP contribution in [0, 0.1) is 6.92 Å². The summed E-state index contributed by atoms with van der Waals surface area (Å²) in [4.78, 5) is 0. The molecule has 1 aromatic carbocycles. The van der Waals surface area contributed by atoms with E-state index in [0.717, 1.165) is 23.7 Å². The number of hydrogen-bond acceptors (Lipinski definition) is 1. The molecule has 1 nitrogen and oxygen atoms in total. The van der Waals surface area contributed by atoms with Crippen LogP contribution >= 0.6 is 11.6 Å². The van der Waals surface area contributed by atoms with Crippen LogP contribution in [0.3, 0.4) is 0 Å². The maximum absolute atomic E-state index is 5.95. The highest BCUT2D eigenvalue weighted by Crippen LogP contribution is 2.15. The van der Waals surface area contributed by atoms with Gasteiger partial charge in [0.25, 0.3) is 0 Å². The summed E-state index contributed by atoms with van der Waals surface area (Å²) in [5.41, 5.74) is 3.76. The van der Waals surface area contributed by atoms with E-state index < -0.39 is 0 Å². The van der Waals surface area contributed by atoms with Gasteiger partial charge in [-0.15, -0.1) is 0 Å². The first-order valence-electron chi connectivity index (χ1n) is 5.18. The van der Waals surface area contributed by atoms with Gasteiger partial charge in [0, 0.05) is 18.1 Å². The van der Waals surface area contributed by atoms with Gasteiger partial charge in [-0.2, -0.15) is 0 Å². The van der Waals surface area contributed by atoms with E-state index in [1.807, 2.05) is 13.0 Å². The number of rotatable bonds is 4. The molecule has 0 aliphatic carbocycles. The predicted octanol–water partition coefficient (Wildman–Crippen LogP) is 3.70. The standard InChI is InChI=1S/C13H18ClN/c1-10(2)6-7-15-9-12-4-5-13(14)11(3)8-12/h4-6,8,15H,7,9H2,1-3H3. The predicted molar refractivity (Wildman–Crippen MR) is 67.3 cm³/mol. The zero-order valence-electron chi connectivity index (χ0n) is 9.60. The lowest BCUT2D eigenvalue weighted by molar-refractivity contribution is 0.756. The average molecular weight is 224 g/mol. The summed E-state index contributed by atoms with van der Waals surface area (Å²) in [6.45, 7) is 8.05. The van der Waals surface area contributed by atoms with E-state index in [2.05, 4.69) is 37.4 Å². The van der Waals surface area contributed by atoms with Crippen molar-refractivity contribution in [1.29, 1.82) is 0 Å². The van der Waals surface area contributed by atoms with E-state index in [1.165, 1.54) is 11.1 Å². The molecule has 0 amide bonds. The van der Waals surface area contributed by atoms with Crippen LogP contribution in [0.2, 0.25) is 5.02 Å². The number of halogens is 1. The van der Waals surface area contributed by atoms with Gasteiger partial charge < -0.3 is 5.32 Å². The largest absolute Gasteiger partial charge is 0.309 e. The second-order valence-corrected chi connectivity index (χ2v) is 4.40. The van der Waals surface area contributed by atoms with Crippen molar-refractivity contribution in [2.75, 3.05) is 6.54 Å². The third-order valence-electron chi connectivity index (χ3n) is 2.21. The molecule has 0 aliphatic heterocycles. The number of nitrogens with one attached hydrogen (secondary N) is 1. The molecule has 0 bridgehead atoms. The van der Waals surface area contributed by atoms with Crippen molar-refractivity contribution in [3.8, 4) is 0 Å². The summed E-state index contributed by atoms with van der Waals surface area (Å²) in [5.74, 6) is 0. The van der Waals surface area contributed by atoms with Gasteiger partial charge in [0.2, 0.25) is 0 Å². The summed E-state index contributed by atoms with van der Waals surface area (Å²) in [5, 5.41) is 4.20. The third-order valence-corrected chi connectivity index (χ3v) is 2.63. The van der Waals surface area contributed by atoms with Gasteiger partial charge in [-0.1, -0.05) is 35.4 Å². The molecule has 1 N–H and O–H groups in total. The first-order valence-corrected chi connectivity index (χ1v) is 5.56. The van der Waals surface area contributed by atoms with Crippen LogP contribution in [0.25, 0.3) is 0 Å². The monoisotopic (exact) mass is 223 g/mol. The Morgan fingerprint density at radius 3 is 2.73 bits per heavy atom. The number of aryl methyl sites for hydroxylation is 1. The van der Waals surface area contributed by atoms with Crippen LogP contribution < -0.4 is 5.32 Å². The topological polar surface area (TPSA) is 12.0 Å². The van der Waals surface area contributed by atoms with Gasteiger partial charge in [0.15, 0.2) is 0 Å². The fraction of sp³-hybridized carbons (Fsp3) is 0.385. The summed E-state index contributed by atoms with van der Waals surface area (Å²) in [7, 11) is 0. The molecular weight excluding hydrogens is 206 g/mol. The van der Waals surface area contributed by atoms with Gasteiger partial charge in [0.1, 0.15) is 0 Å². The molecule has 0 fully saturated rings. The van der Waals surface area contributed by atoms with E-state index in [-0.39, 0.29) is 0 Å². The van der Waals surface area contributed by atoms with Crippen LogP contribution in [0.5, 0.6) is 0 Å². The highest BCUT2D eigenvalue weighted by Gasteiger charge is 1.96. The minimum Gasteiger partial charge on any atom is -0.309 e. The maximum Gasteiger partial charge on any atom is 0.0435 e. The molecule has 0 spiro atoms. The molecule has 0 atom stereocenters. The summed E-state index contributed by atoms with van der Waals surface area (Å²) in [6, 6.07) is 6.14. The number of hydrogen-bond donors (Lipinski definition) is 1. The molecule has 2 heteroatoms. The van der Waals surface area contributed by atoms with Gasteiger partial charge in [-0.05, 0) is 38.0 Å². The molecule has 0 radical (unpaired) electrons. The van der Waals surface area contributed by atoms with E-state index >= 15 is 0 Å². The third kappa shape index (κ3) is 4.50. The SMILES string of the molecule is CC(C)=CCNCc1ccc(Cl)c(C)c1. The average Bonchev–Trinajstić information content (AvgIpc) is 2.18. The molecule has 1 rings (SSSR count). The Hall–Kier alpha value is -0.790. The lowest BCUT2D eigenvalue weighted by Gasteiger charge is -2.05. The van der Waals surface area contributed by atoms with Crippen molar-refractivity contribution in [2.24, 2.45) is 0 Å². The van der Waals surface area contributed by atoms with Gasteiger partial charge >= 0.3 is 0 Å². The lowest BCUT2D eigenvalue weighted by atomic mass is 10.1. The van der Waals surface area contributed by atoms with Crippen molar-refractivity contribution in [3.05, 3.63) is 46.0 Å². The van der Waals surface area contributed by atoms with E-state index in [4.69, 9.17) is 11.6 Å². The minimum atomic E-state index is 0.836. The lowest BCUT2D eigenvalue weighted by Crippen LogP contribution is -2.13. The van der Waals surface area contributed by atoms with Crippen LogP contribution in [0.4, 0.5) is 0 Å². The van der Waals surface area contributed by atoms with Crippen molar-refractivity contribution < 1.29 is 0 Å². The Morgan fingerprint density at radius 1 is 1.40 bits per heavy atom. The van der Waals surface area contributed by atoms with Gasteiger partial charge in [-0.3, -0.25) is 0 Å². The van der Waals surface area contributed by atoms with Crippen LogP contribution in [-0.4, -0.2) is 6.54 Å². The highest BCUT2D eigenvalue weighted by atomic mass is 35.5. The maximum atomic E-state index is 5.95. The van der Waals surface area contributed by atoms with Gasteiger partial charge in [0.05, 0.1) is 0 Å². The first-order chi connectivity index (χ1) is 7.09. The van der Waals surface area contributed by atoms with Crippen LogP contribution in [0.15, 0.2) is 29.8 Å². The molecule has 0 saturated carbocycles. The molecular formula is C13H18ClN. The molecule has 82 valence electrons. The van der Waals surface area contributed by atoms with Crippen LogP contribution in [-0.2, 0) is 6.54 Å².